The normalized spacial score (nSPS) is 11.8. The van der Waals surface area contributed by atoms with Gasteiger partial charge in [-0.1, -0.05) is 12.1 Å². The molecule has 0 aliphatic carbocycles. The van der Waals surface area contributed by atoms with Gasteiger partial charge in [0.1, 0.15) is 11.2 Å². The van der Waals surface area contributed by atoms with Crippen LogP contribution in [0.3, 0.4) is 0 Å². The topological polar surface area (TPSA) is 158 Å². The third-order valence-electron chi connectivity index (χ3n) is 4.56. The van der Waals surface area contributed by atoms with Crippen molar-refractivity contribution in [3.63, 3.8) is 0 Å². The van der Waals surface area contributed by atoms with E-state index in [4.69, 9.17) is 17.3 Å². The molecule has 0 saturated carbocycles. The van der Waals surface area contributed by atoms with Crippen molar-refractivity contribution in [2.75, 3.05) is 12.5 Å². The Morgan fingerprint density at radius 1 is 1.10 bits per heavy atom. The van der Waals surface area contributed by atoms with E-state index in [1.54, 1.807) is 28.8 Å². The molecule has 4 aromatic rings. The van der Waals surface area contributed by atoms with Crippen molar-refractivity contribution in [1.29, 1.82) is 0 Å². The Labute approximate surface area is 176 Å². The van der Waals surface area contributed by atoms with E-state index in [2.05, 4.69) is 19.9 Å². The summed E-state index contributed by atoms with van der Waals surface area (Å²) in [6.45, 7) is -0.975. The van der Waals surface area contributed by atoms with E-state index in [1.165, 1.54) is 18.6 Å². The number of anilines is 1. The van der Waals surface area contributed by atoms with E-state index >= 15 is 0 Å². The second-order valence-corrected chi connectivity index (χ2v) is 6.64. The van der Waals surface area contributed by atoms with E-state index in [-0.39, 0.29) is 18.1 Å². The lowest BCUT2D eigenvalue weighted by Gasteiger charge is -2.11. The van der Waals surface area contributed by atoms with E-state index in [0.717, 1.165) is 16.3 Å². The average molecular weight is 421 g/mol. The number of pyridine rings is 1. The van der Waals surface area contributed by atoms with Gasteiger partial charge in [0.15, 0.2) is 24.1 Å². The van der Waals surface area contributed by atoms with Crippen LogP contribution in [0.15, 0.2) is 55.0 Å². The fourth-order valence-corrected chi connectivity index (χ4v) is 3.07. The van der Waals surface area contributed by atoms with Crippen LogP contribution >= 0.6 is 0 Å². The summed E-state index contributed by atoms with van der Waals surface area (Å²) >= 11 is 0. The maximum atomic E-state index is 12.7. The highest BCUT2D eigenvalue weighted by molar-refractivity contribution is 5.82. The van der Waals surface area contributed by atoms with Crippen molar-refractivity contribution in [1.82, 2.24) is 29.5 Å². The quantitative estimate of drug-likeness (QED) is 0.205. The SMILES string of the molecule is N/C(=C\N(N)CF)c1ccc2nc(-c3nccnc3N)n(-c3ccc(CO)cc3)c2n1. The number of halogens is 1. The highest BCUT2D eigenvalue weighted by Gasteiger charge is 2.19. The molecule has 0 radical (unpaired) electrons. The zero-order valence-electron chi connectivity index (χ0n) is 16.4. The smallest absolute Gasteiger partial charge is 0.174 e. The van der Waals surface area contributed by atoms with Crippen molar-refractivity contribution in [2.45, 2.75) is 6.61 Å². The molecule has 7 N–H and O–H groups in total. The summed E-state index contributed by atoms with van der Waals surface area (Å²) in [5.74, 6) is 6.13. The van der Waals surface area contributed by atoms with Crippen molar-refractivity contribution < 1.29 is 9.50 Å². The molecular formula is C20H20FN9O. The summed E-state index contributed by atoms with van der Waals surface area (Å²) in [6, 6.07) is 10.6. The molecule has 0 fully saturated rings. The number of hydrogen-bond acceptors (Lipinski definition) is 9. The van der Waals surface area contributed by atoms with Crippen LogP contribution in [0.5, 0.6) is 0 Å². The Bertz CT molecular complexity index is 1250. The van der Waals surface area contributed by atoms with Gasteiger partial charge < -0.3 is 16.6 Å². The molecule has 0 spiro atoms. The summed E-state index contributed by atoms with van der Waals surface area (Å²) in [5.41, 5.74) is 15.6. The van der Waals surface area contributed by atoms with Gasteiger partial charge in [0, 0.05) is 24.3 Å². The predicted octanol–water partition coefficient (Wildman–Crippen LogP) is 1.31. The molecule has 158 valence electrons. The summed E-state index contributed by atoms with van der Waals surface area (Å²) in [6.07, 6.45) is 4.27. The third-order valence-corrected chi connectivity index (χ3v) is 4.56. The molecular weight excluding hydrogens is 401 g/mol. The lowest BCUT2D eigenvalue weighted by Crippen LogP contribution is -2.25. The number of aliphatic hydroxyl groups excluding tert-OH is 1. The van der Waals surface area contributed by atoms with Crippen molar-refractivity contribution in [3.8, 4) is 17.2 Å². The Kier molecular flexibility index (Phi) is 5.43. The number of aliphatic hydroxyl groups is 1. The van der Waals surface area contributed by atoms with Crippen LogP contribution in [-0.2, 0) is 6.61 Å². The number of nitrogens with two attached hydrogens (primary N) is 3. The Hall–Kier alpha value is -4.09. The molecule has 0 amide bonds. The van der Waals surface area contributed by atoms with Crippen LogP contribution in [0.4, 0.5) is 10.2 Å². The number of benzene rings is 1. The molecule has 0 atom stereocenters. The monoisotopic (exact) mass is 421 g/mol. The highest BCUT2D eigenvalue weighted by atomic mass is 19.1. The minimum Gasteiger partial charge on any atom is -0.396 e. The van der Waals surface area contributed by atoms with Gasteiger partial charge in [-0.15, -0.1) is 0 Å². The predicted molar refractivity (Wildman–Crippen MR) is 114 cm³/mol. The van der Waals surface area contributed by atoms with Crippen LogP contribution < -0.4 is 17.3 Å². The van der Waals surface area contributed by atoms with Crippen LogP contribution in [0.1, 0.15) is 11.3 Å². The lowest BCUT2D eigenvalue weighted by molar-refractivity contribution is 0.259. The number of imidazole rings is 1. The first kappa shape index (κ1) is 20.2. The molecule has 10 nitrogen and oxygen atoms in total. The molecule has 0 unspecified atom stereocenters. The second kappa shape index (κ2) is 8.34. The van der Waals surface area contributed by atoms with Crippen molar-refractivity contribution >= 4 is 22.7 Å². The number of aromatic nitrogens is 5. The minimum absolute atomic E-state index is 0.0805. The maximum absolute atomic E-state index is 12.7. The fraction of sp³-hybridized carbons (Fsp3) is 0.100. The molecule has 3 heterocycles. The molecule has 0 aliphatic rings. The van der Waals surface area contributed by atoms with Gasteiger partial charge in [-0.2, -0.15) is 0 Å². The number of alkyl halides is 1. The van der Waals surface area contributed by atoms with Crippen LogP contribution in [-0.4, -0.2) is 41.4 Å². The molecule has 0 bridgehead atoms. The van der Waals surface area contributed by atoms with Crippen molar-refractivity contribution in [2.24, 2.45) is 11.6 Å². The number of rotatable bonds is 6. The van der Waals surface area contributed by atoms with Gasteiger partial charge in [0.2, 0.25) is 0 Å². The second-order valence-electron chi connectivity index (χ2n) is 6.64. The van der Waals surface area contributed by atoms with Crippen LogP contribution in [0.25, 0.3) is 34.1 Å². The van der Waals surface area contributed by atoms with E-state index in [9.17, 15) is 9.50 Å². The fourth-order valence-electron chi connectivity index (χ4n) is 3.07. The summed E-state index contributed by atoms with van der Waals surface area (Å²) < 4.78 is 14.5. The number of hydrogen-bond donors (Lipinski definition) is 4. The maximum Gasteiger partial charge on any atom is 0.174 e. The van der Waals surface area contributed by atoms with Gasteiger partial charge >= 0.3 is 0 Å². The lowest BCUT2D eigenvalue weighted by atomic mass is 10.2. The first-order chi connectivity index (χ1) is 15.0. The Balaban J connectivity index is 1.96. The third kappa shape index (κ3) is 3.86. The van der Waals surface area contributed by atoms with Gasteiger partial charge in [-0.25, -0.2) is 30.2 Å². The number of nitrogen functional groups attached to an aromatic ring is 1. The summed E-state index contributed by atoms with van der Waals surface area (Å²) in [5, 5.41) is 10.2. The van der Waals surface area contributed by atoms with Gasteiger partial charge in [0.25, 0.3) is 0 Å². The molecule has 1 aromatic carbocycles. The van der Waals surface area contributed by atoms with Gasteiger partial charge in [0.05, 0.1) is 18.0 Å². The molecule has 4 rings (SSSR count). The number of nitrogens with zero attached hydrogens (tertiary/aromatic N) is 6. The van der Waals surface area contributed by atoms with Crippen LogP contribution in [0, 0.1) is 0 Å². The number of hydrazine groups is 1. The zero-order chi connectivity index (χ0) is 22.0. The molecule has 0 aliphatic heterocycles. The number of fused-ring (bicyclic) bond motifs is 1. The summed E-state index contributed by atoms with van der Waals surface area (Å²) in [7, 11) is 0. The molecule has 3 aromatic heterocycles. The van der Waals surface area contributed by atoms with E-state index in [0.29, 0.717) is 28.4 Å². The molecule has 0 saturated heterocycles. The largest absolute Gasteiger partial charge is 0.396 e. The highest BCUT2D eigenvalue weighted by Crippen LogP contribution is 2.29. The van der Waals surface area contributed by atoms with Crippen molar-refractivity contribution in [3.05, 3.63) is 66.2 Å². The van der Waals surface area contributed by atoms with Gasteiger partial charge in [-0.3, -0.25) is 9.58 Å². The zero-order valence-corrected chi connectivity index (χ0v) is 16.4. The Morgan fingerprint density at radius 3 is 2.52 bits per heavy atom. The average Bonchev–Trinajstić information content (AvgIpc) is 3.17. The van der Waals surface area contributed by atoms with Gasteiger partial charge in [-0.05, 0) is 29.8 Å². The van der Waals surface area contributed by atoms with E-state index in [1.807, 2.05) is 12.1 Å². The Morgan fingerprint density at radius 2 is 1.84 bits per heavy atom. The molecule has 31 heavy (non-hydrogen) atoms. The first-order valence-electron chi connectivity index (χ1n) is 9.23. The summed E-state index contributed by atoms with van der Waals surface area (Å²) in [4.78, 5) is 17.7. The standard InChI is InChI=1S/C20H20FN9O/c21-11-29(24)9-14(22)15-5-6-16-19(27-15)30(13-3-1-12(10-31)2-4-13)20(28-16)17-18(23)26-8-7-25-17/h1-9,31H,10-11,22,24H2,(H2,23,26)/b14-9-. The molecule has 11 heteroatoms. The minimum atomic E-state index is -0.895. The first-order valence-corrected chi connectivity index (χ1v) is 9.23. The van der Waals surface area contributed by atoms with Crippen LogP contribution in [0.2, 0.25) is 0 Å². The van der Waals surface area contributed by atoms with E-state index < -0.39 is 6.80 Å².